The van der Waals surface area contributed by atoms with Gasteiger partial charge < -0.3 is 19.5 Å². The van der Waals surface area contributed by atoms with E-state index >= 15 is 0 Å². The van der Waals surface area contributed by atoms with Crippen molar-refractivity contribution in [2.45, 2.75) is 32.4 Å². The maximum Gasteiger partial charge on any atom is 0.410 e. The Kier molecular flexibility index (Phi) is 6.19. The zero-order valence-electron chi connectivity index (χ0n) is 16.1. The summed E-state index contributed by atoms with van der Waals surface area (Å²) in [6.07, 6.45) is 0.288. The van der Waals surface area contributed by atoms with E-state index in [1.165, 1.54) is 0 Å². The Bertz CT molecular complexity index is 836. The summed E-state index contributed by atoms with van der Waals surface area (Å²) in [5, 5.41) is 9.48. The zero-order valence-corrected chi connectivity index (χ0v) is 16.1. The summed E-state index contributed by atoms with van der Waals surface area (Å²) < 4.78 is 11.0. The molecule has 2 aromatic rings. The van der Waals surface area contributed by atoms with Gasteiger partial charge in [0.15, 0.2) is 0 Å². The summed E-state index contributed by atoms with van der Waals surface area (Å²) in [4.78, 5) is 26.0. The molecule has 2 unspecified atom stereocenters. The Morgan fingerprint density at radius 1 is 1.18 bits per heavy atom. The number of hydrogen-bond donors (Lipinski definition) is 1. The Morgan fingerprint density at radius 2 is 1.93 bits per heavy atom. The van der Waals surface area contributed by atoms with Gasteiger partial charge in [-0.1, -0.05) is 42.5 Å². The number of aryl methyl sites for hydroxylation is 1. The smallest absolute Gasteiger partial charge is 0.410 e. The standard InChI is InChI=1S/C22H25NO5/c1-15-8-9-18(20(12-15)27-2)19-13-17(21(24)25)10-11-23(19)22(26)28-14-16-6-4-3-5-7-16/h3-9,12,17,19H,10-11,13-14H2,1-2H3,(H,24,25). The molecule has 0 radical (unpaired) electrons. The number of piperidine rings is 1. The van der Waals surface area contributed by atoms with Gasteiger partial charge in [-0.3, -0.25) is 4.79 Å². The molecular formula is C22H25NO5. The lowest BCUT2D eigenvalue weighted by molar-refractivity contribution is -0.144. The van der Waals surface area contributed by atoms with Crippen molar-refractivity contribution in [3.05, 3.63) is 65.2 Å². The van der Waals surface area contributed by atoms with Crippen molar-refractivity contribution in [3.63, 3.8) is 0 Å². The monoisotopic (exact) mass is 383 g/mol. The highest BCUT2D eigenvalue weighted by molar-refractivity contribution is 5.72. The van der Waals surface area contributed by atoms with E-state index in [0.717, 1.165) is 16.7 Å². The summed E-state index contributed by atoms with van der Waals surface area (Å²) in [6, 6.07) is 14.8. The van der Waals surface area contributed by atoms with Crippen molar-refractivity contribution in [3.8, 4) is 5.75 Å². The number of likely N-dealkylation sites (tertiary alicyclic amines) is 1. The van der Waals surface area contributed by atoms with Crippen LogP contribution in [0.3, 0.4) is 0 Å². The molecule has 1 saturated heterocycles. The van der Waals surface area contributed by atoms with Crippen LogP contribution in [0.25, 0.3) is 0 Å². The van der Waals surface area contributed by atoms with E-state index in [1.54, 1.807) is 12.0 Å². The average molecular weight is 383 g/mol. The van der Waals surface area contributed by atoms with E-state index < -0.39 is 24.0 Å². The van der Waals surface area contributed by atoms with E-state index in [9.17, 15) is 14.7 Å². The minimum Gasteiger partial charge on any atom is -0.496 e. The van der Waals surface area contributed by atoms with Gasteiger partial charge in [-0.15, -0.1) is 0 Å². The maximum atomic E-state index is 12.8. The summed E-state index contributed by atoms with van der Waals surface area (Å²) in [5.41, 5.74) is 2.74. The molecular weight excluding hydrogens is 358 g/mol. The van der Waals surface area contributed by atoms with Gasteiger partial charge in [0.25, 0.3) is 0 Å². The Labute approximate surface area is 164 Å². The van der Waals surface area contributed by atoms with Crippen molar-refractivity contribution in [1.29, 1.82) is 0 Å². The highest BCUT2D eigenvalue weighted by Crippen LogP contribution is 2.39. The highest BCUT2D eigenvalue weighted by Gasteiger charge is 2.37. The molecule has 6 nitrogen and oxygen atoms in total. The van der Waals surface area contributed by atoms with Crippen LogP contribution in [0.4, 0.5) is 4.79 Å². The molecule has 1 fully saturated rings. The number of carboxylic acids is 1. The number of carboxylic acid groups (broad SMARTS) is 1. The Hall–Kier alpha value is -3.02. The van der Waals surface area contributed by atoms with Gasteiger partial charge in [0.1, 0.15) is 12.4 Å². The van der Waals surface area contributed by atoms with Crippen LogP contribution in [0.2, 0.25) is 0 Å². The van der Waals surface area contributed by atoms with Crippen LogP contribution in [0.5, 0.6) is 5.75 Å². The predicted molar refractivity (Wildman–Crippen MR) is 104 cm³/mol. The fourth-order valence-corrected chi connectivity index (χ4v) is 3.60. The SMILES string of the molecule is COc1cc(C)ccc1C1CC(C(=O)O)CCN1C(=O)OCc1ccccc1. The number of benzene rings is 2. The Balaban J connectivity index is 1.83. The molecule has 6 heteroatoms. The number of rotatable bonds is 5. The minimum atomic E-state index is -0.839. The predicted octanol–water partition coefficient (Wildman–Crippen LogP) is 4.18. The molecule has 2 aromatic carbocycles. The van der Waals surface area contributed by atoms with Crippen molar-refractivity contribution in [2.24, 2.45) is 5.92 Å². The molecule has 2 atom stereocenters. The molecule has 1 N–H and O–H groups in total. The van der Waals surface area contributed by atoms with Crippen LogP contribution >= 0.6 is 0 Å². The third kappa shape index (κ3) is 4.44. The summed E-state index contributed by atoms with van der Waals surface area (Å²) in [6.45, 7) is 2.46. The second-order valence-electron chi connectivity index (χ2n) is 7.05. The molecule has 1 aliphatic rings. The number of hydrogen-bond acceptors (Lipinski definition) is 4. The molecule has 3 rings (SSSR count). The van der Waals surface area contributed by atoms with Gasteiger partial charge in [-0.2, -0.15) is 0 Å². The van der Waals surface area contributed by atoms with E-state index in [1.807, 2.05) is 55.5 Å². The van der Waals surface area contributed by atoms with Crippen LogP contribution in [-0.4, -0.2) is 35.7 Å². The van der Waals surface area contributed by atoms with E-state index in [-0.39, 0.29) is 6.61 Å². The minimum absolute atomic E-state index is 0.177. The third-order valence-electron chi connectivity index (χ3n) is 5.14. The summed E-state index contributed by atoms with van der Waals surface area (Å²) >= 11 is 0. The fourth-order valence-electron chi connectivity index (χ4n) is 3.60. The van der Waals surface area contributed by atoms with Gasteiger partial charge in [-0.25, -0.2) is 4.79 Å². The van der Waals surface area contributed by atoms with E-state index in [4.69, 9.17) is 9.47 Å². The second kappa shape index (κ2) is 8.78. The van der Waals surface area contributed by atoms with Crippen molar-refractivity contribution >= 4 is 12.1 Å². The van der Waals surface area contributed by atoms with Gasteiger partial charge in [-0.05, 0) is 37.0 Å². The number of aliphatic carboxylic acids is 1. The third-order valence-corrected chi connectivity index (χ3v) is 5.14. The lowest BCUT2D eigenvalue weighted by Gasteiger charge is -2.38. The van der Waals surface area contributed by atoms with Crippen LogP contribution in [0.1, 0.15) is 35.6 Å². The van der Waals surface area contributed by atoms with Gasteiger partial charge in [0.05, 0.1) is 19.1 Å². The number of amides is 1. The number of carbonyl (C=O) groups is 2. The molecule has 1 amide bonds. The molecule has 1 heterocycles. The molecule has 0 aliphatic carbocycles. The first kappa shape index (κ1) is 19.7. The number of ether oxygens (including phenoxy) is 2. The zero-order chi connectivity index (χ0) is 20.1. The molecule has 28 heavy (non-hydrogen) atoms. The van der Waals surface area contributed by atoms with Crippen molar-refractivity contribution in [2.75, 3.05) is 13.7 Å². The van der Waals surface area contributed by atoms with Crippen LogP contribution in [-0.2, 0) is 16.1 Å². The maximum absolute atomic E-state index is 12.8. The van der Waals surface area contributed by atoms with Crippen LogP contribution in [0.15, 0.2) is 48.5 Å². The number of methoxy groups -OCH3 is 1. The molecule has 0 aromatic heterocycles. The number of nitrogens with zero attached hydrogens (tertiary/aromatic N) is 1. The van der Waals surface area contributed by atoms with Crippen LogP contribution in [0, 0.1) is 12.8 Å². The molecule has 1 aliphatic heterocycles. The van der Waals surface area contributed by atoms with Crippen molar-refractivity contribution in [1.82, 2.24) is 4.90 Å². The van der Waals surface area contributed by atoms with E-state index in [0.29, 0.717) is 25.1 Å². The summed E-state index contributed by atoms with van der Waals surface area (Å²) in [7, 11) is 1.58. The topological polar surface area (TPSA) is 76.1 Å². The molecule has 148 valence electrons. The van der Waals surface area contributed by atoms with Crippen molar-refractivity contribution < 1.29 is 24.2 Å². The first-order chi connectivity index (χ1) is 13.5. The lowest BCUT2D eigenvalue weighted by atomic mass is 9.86. The average Bonchev–Trinajstić information content (AvgIpc) is 2.72. The largest absolute Gasteiger partial charge is 0.496 e. The molecule has 0 bridgehead atoms. The van der Waals surface area contributed by atoms with Gasteiger partial charge in [0, 0.05) is 12.1 Å². The number of carbonyl (C=O) groups excluding carboxylic acids is 1. The molecule has 0 saturated carbocycles. The second-order valence-corrected chi connectivity index (χ2v) is 7.05. The van der Waals surface area contributed by atoms with E-state index in [2.05, 4.69) is 0 Å². The fraction of sp³-hybridized carbons (Fsp3) is 0.364. The summed E-state index contributed by atoms with van der Waals surface area (Å²) in [5.74, 6) is -0.695. The van der Waals surface area contributed by atoms with Gasteiger partial charge >= 0.3 is 12.1 Å². The molecule has 0 spiro atoms. The van der Waals surface area contributed by atoms with Gasteiger partial charge in [0.2, 0.25) is 0 Å². The first-order valence-electron chi connectivity index (χ1n) is 9.34. The first-order valence-corrected chi connectivity index (χ1v) is 9.34. The Morgan fingerprint density at radius 3 is 2.61 bits per heavy atom. The highest BCUT2D eigenvalue weighted by atomic mass is 16.6. The lowest BCUT2D eigenvalue weighted by Crippen LogP contribution is -2.43. The normalized spacial score (nSPS) is 19.1. The quantitative estimate of drug-likeness (QED) is 0.838. The van der Waals surface area contributed by atoms with Crippen LogP contribution < -0.4 is 4.74 Å².